The van der Waals surface area contributed by atoms with Crippen LogP contribution < -0.4 is 10.1 Å². The van der Waals surface area contributed by atoms with Gasteiger partial charge in [0.25, 0.3) is 0 Å². The van der Waals surface area contributed by atoms with Crippen molar-refractivity contribution in [1.29, 1.82) is 0 Å². The summed E-state index contributed by atoms with van der Waals surface area (Å²) in [6, 6.07) is 0. The number of aryl methyl sites for hydroxylation is 1. The van der Waals surface area contributed by atoms with E-state index in [1.807, 2.05) is 14.0 Å². The van der Waals surface area contributed by atoms with Crippen LogP contribution in [0, 0.1) is 12.3 Å². The van der Waals surface area contributed by atoms with Crippen LogP contribution in [0.4, 0.5) is 5.82 Å². The maximum Gasteiger partial charge on any atom is 0.222 e. The zero-order valence-electron chi connectivity index (χ0n) is 14.1. The summed E-state index contributed by atoms with van der Waals surface area (Å²) >= 11 is 0. The van der Waals surface area contributed by atoms with E-state index >= 15 is 0 Å². The molecular weight excluding hydrogens is 262 g/mol. The van der Waals surface area contributed by atoms with Crippen molar-refractivity contribution < 1.29 is 4.74 Å². The third kappa shape index (κ3) is 4.08. The molecule has 0 radical (unpaired) electrons. The molecule has 21 heavy (non-hydrogen) atoms. The molecule has 1 aliphatic carbocycles. The second-order valence-corrected chi connectivity index (χ2v) is 6.90. The smallest absolute Gasteiger partial charge is 0.222 e. The predicted octanol–water partition coefficient (Wildman–Crippen LogP) is 4.13. The van der Waals surface area contributed by atoms with Gasteiger partial charge in [0.15, 0.2) is 0 Å². The molecule has 0 unspecified atom stereocenters. The summed E-state index contributed by atoms with van der Waals surface area (Å²) in [7, 11) is 1.90. The third-order valence-electron chi connectivity index (χ3n) is 4.42. The molecule has 1 aromatic heterocycles. The highest BCUT2D eigenvalue weighted by atomic mass is 16.5. The zero-order chi connectivity index (χ0) is 15.5. The van der Waals surface area contributed by atoms with Crippen LogP contribution in [0.2, 0.25) is 0 Å². The van der Waals surface area contributed by atoms with Crippen molar-refractivity contribution in [3.05, 3.63) is 11.4 Å². The van der Waals surface area contributed by atoms with Crippen molar-refractivity contribution in [2.45, 2.75) is 72.3 Å². The first kappa shape index (κ1) is 16.1. The first-order valence-electron chi connectivity index (χ1n) is 8.17. The number of ether oxygens (including phenoxy) is 1. The van der Waals surface area contributed by atoms with Crippen molar-refractivity contribution in [3.8, 4) is 5.88 Å². The molecule has 1 heterocycles. The minimum Gasteiger partial charge on any atom is -0.474 e. The highest BCUT2D eigenvalue weighted by Gasteiger charge is 2.28. The molecule has 0 spiro atoms. The minimum atomic E-state index is 0.297. The molecule has 1 aromatic rings. The molecule has 0 bridgehead atoms. The number of hydrogen-bond acceptors (Lipinski definition) is 4. The van der Waals surface area contributed by atoms with Gasteiger partial charge in [0.05, 0.1) is 5.56 Å². The summed E-state index contributed by atoms with van der Waals surface area (Å²) in [5.74, 6) is 2.53. The fourth-order valence-electron chi connectivity index (χ4n) is 2.88. The summed E-state index contributed by atoms with van der Waals surface area (Å²) < 4.78 is 6.22. The molecule has 0 amide bonds. The monoisotopic (exact) mass is 291 g/mol. The van der Waals surface area contributed by atoms with Crippen molar-refractivity contribution in [2.24, 2.45) is 5.41 Å². The van der Waals surface area contributed by atoms with Gasteiger partial charge in [0.2, 0.25) is 5.88 Å². The highest BCUT2D eigenvalue weighted by Crippen LogP contribution is 2.37. The number of rotatable bonds is 5. The van der Waals surface area contributed by atoms with E-state index in [1.165, 1.54) is 12.8 Å². The van der Waals surface area contributed by atoms with Crippen LogP contribution in [-0.4, -0.2) is 23.1 Å². The third-order valence-corrected chi connectivity index (χ3v) is 4.42. The van der Waals surface area contributed by atoms with Crippen LogP contribution in [0.15, 0.2) is 0 Å². The Labute approximate surface area is 128 Å². The standard InChI is InChI=1S/C17H29N3O/c1-6-7-14-19-15(18-5)12(2)16(20-14)21-13-8-10-17(3,4)11-9-13/h13H,6-11H2,1-5H3,(H,18,19,20). The Kier molecular flexibility index (Phi) is 5.07. The summed E-state index contributed by atoms with van der Waals surface area (Å²) in [5.41, 5.74) is 1.48. The summed E-state index contributed by atoms with van der Waals surface area (Å²) in [5, 5.41) is 3.15. The first-order valence-corrected chi connectivity index (χ1v) is 8.17. The molecule has 1 fully saturated rings. The summed E-state index contributed by atoms with van der Waals surface area (Å²) in [6.45, 7) is 8.87. The Bertz CT molecular complexity index is 475. The second kappa shape index (κ2) is 6.63. The molecule has 0 aliphatic heterocycles. The van der Waals surface area contributed by atoms with Crippen molar-refractivity contribution in [1.82, 2.24) is 9.97 Å². The number of hydrogen-bond donors (Lipinski definition) is 1. The molecule has 118 valence electrons. The van der Waals surface area contributed by atoms with Gasteiger partial charge in [-0.3, -0.25) is 0 Å². The molecule has 4 heteroatoms. The average Bonchev–Trinajstić information content (AvgIpc) is 2.44. The highest BCUT2D eigenvalue weighted by molar-refractivity contribution is 5.48. The maximum absolute atomic E-state index is 6.22. The molecule has 1 saturated carbocycles. The number of anilines is 1. The Morgan fingerprint density at radius 2 is 1.90 bits per heavy atom. The lowest BCUT2D eigenvalue weighted by Gasteiger charge is -2.34. The van der Waals surface area contributed by atoms with Gasteiger partial charge in [-0.15, -0.1) is 0 Å². The lowest BCUT2D eigenvalue weighted by atomic mass is 9.76. The van der Waals surface area contributed by atoms with Gasteiger partial charge in [-0.25, -0.2) is 4.98 Å². The fourth-order valence-corrected chi connectivity index (χ4v) is 2.88. The van der Waals surface area contributed by atoms with Crippen LogP contribution in [0.3, 0.4) is 0 Å². The Hall–Kier alpha value is -1.32. The normalized spacial score (nSPS) is 18.5. The molecular formula is C17H29N3O. The topological polar surface area (TPSA) is 47.0 Å². The number of nitrogens with zero attached hydrogens (tertiary/aromatic N) is 2. The molecule has 2 rings (SSSR count). The average molecular weight is 291 g/mol. The SMILES string of the molecule is CCCc1nc(NC)c(C)c(OC2CCC(C)(C)CC2)n1. The molecule has 1 aliphatic rings. The van der Waals surface area contributed by atoms with E-state index in [2.05, 4.69) is 36.1 Å². The Balaban J connectivity index is 2.13. The summed E-state index contributed by atoms with van der Waals surface area (Å²) in [6.07, 6.45) is 6.92. The van der Waals surface area contributed by atoms with Gasteiger partial charge in [0.1, 0.15) is 17.7 Å². The first-order chi connectivity index (χ1) is 9.95. The van der Waals surface area contributed by atoms with Crippen LogP contribution in [-0.2, 0) is 6.42 Å². The van der Waals surface area contributed by atoms with Gasteiger partial charge in [-0.1, -0.05) is 20.8 Å². The molecule has 1 N–H and O–H groups in total. The number of nitrogens with one attached hydrogen (secondary N) is 1. The van der Waals surface area contributed by atoms with Gasteiger partial charge in [0, 0.05) is 13.5 Å². The van der Waals surface area contributed by atoms with Crippen LogP contribution >= 0.6 is 0 Å². The zero-order valence-corrected chi connectivity index (χ0v) is 14.1. The van der Waals surface area contributed by atoms with E-state index in [1.54, 1.807) is 0 Å². The predicted molar refractivity (Wildman–Crippen MR) is 87.0 cm³/mol. The van der Waals surface area contributed by atoms with E-state index < -0.39 is 0 Å². The van der Waals surface area contributed by atoms with E-state index in [4.69, 9.17) is 4.74 Å². The number of aromatic nitrogens is 2. The van der Waals surface area contributed by atoms with Crippen molar-refractivity contribution >= 4 is 5.82 Å². The molecule has 0 aromatic carbocycles. The quantitative estimate of drug-likeness (QED) is 0.886. The van der Waals surface area contributed by atoms with E-state index in [0.717, 1.165) is 48.8 Å². The van der Waals surface area contributed by atoms with Gasteiger partial charge >= 0.3 is 0 Å². The van der Waals surface area contributed by atoms with Gasteiger partial charge < -0.3 is 10.1 Å². The Morgan fingerprint density at radius 3 is 2.48 bits per heavy atom. The van der Waals surface area contributed by atoms with Crippen molar-refractivity contribution in [3.63, 3.8) is 0 Å². The van der Waals surface area contributed by atoms with Gasteiger partial charge in [-0.05, 0) is 44.4 Å². The van der Waals surface area contributed by atoms with E-state index in [-0.39, 0.29) is 0 Å². The molecule has 0 atom stereocenters. The molecule has 4 nitrogen and oxygen atoms in total. The minimum absolute atomic E-state index is 0.297. The summed E-state index contributed by atoms with van der Waals surface area (Å²) in [4.78, 5) is 9.18. The van der Waals surface area contributed by atoms with E-state index in [9.17, 15) is 0 Å². The Morgan fingerprint density at radius 1 is 1.24 bits per heavy atom. The van der Waals surface area contributed by atoms with Crippen LogP contribution in [0.1, 0.15) is 64.3 Å². The lowest BCUT2D eigenvalue weighted by Crippen LogP contribution is -2.29. The maximum atomic E-state index is 6.22. The van der Waals surface area contributed by atoms with E-state index in [0.29, 0.717) is 11.5 Å². The van der Waals surface area contributed by atoms with Crippen LogP contribution in [0.5, 0.6) is 5.88 Å². The second-order valence-electron chi connectivity index (χ2n) is 6.90. The largest absolute Gasteiger partial charge is 0.474 e. The lowest BCUT2D eigenvalue weighted by molar-refractivity contribution is 0.0940. The fraction of sp³-hybridized carbons (Fsp3) is 0.765. The molecule has 0 saturated heterocycles. The van der Waals surface area contributed by atoms with Crippen molar-refractivity contribution in [2.75, 3.05) is 12.4 Å². The van der Waals surface area contributed by atoms with Crippen LogP contribution in [0.25, 0.3) is 0 Å². The van der Waals surface area contributed by atoms with Gasteiger partial charge in [-0.2, -0.15) is 4.98 Å².